The fraction of sp³-hybridized carbons (Fsp3) is 0.344. The van der Waals surface area contributed by atoms with E-state index in [0.29, 0.717) is 4.31 Å². The highest BCUT2D eigenvalue weighted by Gasteiger charge is 2.43. The molecule has 5 rings (SSSR count). The lowest BCUT2D eigenvalue weighted by Crippen LogP contribution is -2.55. The van der Waals surface area contributed by atoms with Crippen molar-refractivity contribution in [3.05, 3.63) is 101 Å². The SMILES string of the molecule is Cc1ccc(CN(C(=O)CN2C(=O)c3ccccc3S2(=O)=O)[C@H](Cc2ccccc2)C(=O)NC2CCCCC2)cc1. The minimum atomic E-state index is -4.19. The Morgan fingerprint density at radius 1 is 0.902 bits per heavy atom. The largest absolute Gasteiger partial charge is 0.352 e. The number of fused-ring (bicyclic) bond motifs is 1. The van der Waals surface area contributed by atoms with Crippen LogP contribution in [0.25, 0.3) is 0 Å². The van der Waals surface area contributed by atoms with E-state index in [1.54, 1.807) is 12.1 Å². The number of sulfonamides is 1. The molecule has 0 aromatic heterocycles. The van der Waals surface area contributed by atoms with Crippen LogP contribution in [0.2, 0.25) is 0 Å². The number of hydrogen-bond acceptors (Lipinski definition) is 5. The zero-order chi connectivity index (χ0) is 29.0. The molecule has 41 heavy (non-hydrogen) atoms. The fourth-order valence-electron chi connectivity index (χ4n) is 5.59. The third kappa shape index (κ3) is 6.35. The lowest BCUT2D eigenvalue weighted by atomic mass is 9.94. The van der Waals surface area contributed by atoms with Gasteiger partial charge in [0.2, 0.25) is 11.8 Å². The number of benzene rings is 3. The van der Waals surface area contributed by atoms with Crippen molar-refractivity contribution < 1.29 is 22.8 Å². The highest BCUT2D eigenvalue weighted by molar-refractivity contribution is 7.90. The summed E-state index contributed by atoms with van der Waals surface area (Å²) in [6, 6.07) is 22.2. The first-order chi connectivity index (χ1) is 19.7. The van der Waals surface area contributed by atoms with Crippen molar-refractivity contribution in [1.82, 2.24) is 14.5 Å². The zero-order valence-electron chi connectivity index (χ0n) is 23.2. The van der Waals surface area contributed by atoms with Gasteiger partial charge in [0.1, 0.15) is 17.5 Å². The minimum Gasteiger partial charge on any atom is -0.352 e. The molecular formula is C32H35N3O5S. The molecule has 0 unspecified atom stereocenters. The second-order valence-corrected chi connectivity index (χ2v) is 12.7. The maximum Gasteiger partial charge on any atom is 0.269 e. The molecule has 1 aliphatic heterocycles. The summed E-state index contributed by atoms with van der Waals surface area (Å²) in [7, 11) is -4.19. The molecule has 1 heterocycles. The Hall–Kier alpha value is -3.98. The number of amides is 3. The van der Waals surface area contributed by atoms with Crippen LogP contribution in [0.1, 0.15) is 59.2 Å². The van der Waals surface area contributed by atoms with E-state index in [1.807, 2.05) is 61.5 Å². The first kappa shape index (κ1) is 28.5. The maximum absolute atomic E-state index is 14.1. The van der Waals surface area contributed by atoms with E-state index in [1.165, 1.54) is 17.0 Å². The van der Waals surface area contributed by atoms with Gasteiger partial charge >= 0.3 is 0 Å². The fourth-order valence-corrected chi connectivity index (χ4v) is 7.11. The van der Waals surface area contributed by atoms with Gasteiger partial charge in [-0.25, -0.2) is 12.7 Å². The third-order valence-corrected chi connectivity index (χ3v) is 9.67. The number of nitrogens with one attached hydrogen (secondary N) is 1. The second-order valence-electron chi connectivity index (χ2n) is 10.9. The van der Waals surface area contributed by atoms with Crippen LogP contribution in [0.15, 0.2) is 83.8 Å². The van der Waals surface area contributed by atoms with E-state index in [-0.39, 0.29) is 35.4 Å². The van der Waals surface area contributed by atoms with E-state index in [2.05, 4.69) is 5.32 Å². The summed E-state index contributed by atoms with van der Waals surface area (Å²) < 4.78 is 27.1. The van der Waals surface area contributed by atoms with Gasteiger partial charge in [-0.05, 0) is 43.0 Å². The highest BCUT2D eigenvalue weighted by Crippen LogP contribution is 2.30. The van der Waals surface area contributed by atoms with Gasteiger partial charge in [-0.15, -0.1) is 0 Å². The predicted molar refractivity (Wildman–Crippen MR) is 155 cm³/mol. The van der Waals surface area contributed by atoms with Gasteiger partial charge in [-0.3, -0.25) is 14.4 Å². The summed E-state index contributed by atoms with van der Waals surface area (Å²) in [5.74, 6) is -1.63. The van der Waals surface area contributed by atoms with Crippen molar-refractivity contribution in [3.63, 3.8) is 0 Å². The molecule has 3 amide bonds. The summed E-state index contributed by atoms with van der Waals surface area (Å²) in [5.41, 5.74) is 2.76. The first-order valence-electron chi connectivity index (χ1n) is 14.1. The molecule has 1 saturated carbocycles. The van der Waals surface area contributed by atoms with Crippen LogP contribution in [0.3, 0.4) is 0 Å². The summed E-state index contributed by atoms with van der Waals surface area (Å²) in [5, 5.41) is 3.17. The van der Waals surface area contributed by atoms with E-state index < -0.39 is 34.4 Å². The van der Waals surface area contributed by atoms with E-state index in [0.717, 1.165) is 48.8 Å². The maximum atomic E-state index is 14.1. The molecule has 8 nitrogen and oxygen atoms in total. The Labute approximate surface area is 241 Å². The van der Waals surface area contributed by atoms with Gasteiger partial charge in [0.05, 0.1) is 5.56 Å². The molecule has 3 aromatic carbocycles. The quantitative estimate of drug-likeness (QED) is 0.413. The van der Waals surface area contributed by atoms with E-state index >= 15 is 0 Å². The zero-order valence-corrected chi connectivity index (χ0v) is 24.0. The van der Waals surface area contributed by atoms with Crippen LogP contribution in [0.4, 0.5) is 0 Å². The van der Waals surface area contributed by atoms with Crippen LogP contribution in [0.5, 0.6) is 0 Å². The first-order valence-corrected chi connectivity index (χ1v) is 15.5. The summed E-state index contributed by atoms with van der Waals surface area (Å²) >= 11 is 0. The molecule has 214 valence electrons. The molecule has 1 atom stereocenters. The average Bonchev–Trinajstić information content (AvgIpc) is 3.17. The van der Waals surface area contributed by atoms with Crippen LogP contribution >= 0.6 is 0 Å². The number of carbonyl (C=O) groups is 3. The number of nitrogens with zero attached hydrogens (tertiary/aromatic N) is 2. The minimum absolute atomic E-state index is 0.0286. The Morgan fingerprint density at radius 2 is 1.56 bits per heavy atom. The van der Waals surface area contributed by atoms with Gasteiger partial charge in [0.15, 0.2) is 0 Å². The van der Waals surface area contributed by atoms with Crippen LogP contribution in [-0.2, 0) is 32.6 Å². The summed E-state index contributed by atoms with van der Waals surface area (Å²) in [4.78, 5) is 42.4. The van der Waals surface area contributed by atoms with Crippen molar-refractivity contribution in [3.8, 4) is 0 Å². The number of rotatable bonds is 9. The van der Waals surface area contributed by atoms with Crippen molar-refractivity contribution in [2.24, 2.45) is 0 Å². The number of aryl methyl sites for hydroxylation is 1. The van der Waals surface area contributed by atoms with Crippen molar-refractivity contribution in [2.45, 2.75) is 69.0 Å². The van der Waals surface area contributed by atoms with Gasteiger partial charge in [0, 0.05) is 19.0 Å². The van der Waals surface area contributed by atoms with Gasteiger partial charge in [-0.2, -0.15) is 0 Å². The third-order valence-electron chi connectivity index (χ3n) is 7.89. The monoisotopic (exact) mass is 573 g/mol. The van der Waals surface area contributed by atoms with Crippen LogP contribution in [-0.4, -0.2) is 54.0 Å². The van der Waals surface area contributed by atoms with E-state index in [9.17, 15) is 22.8 Å². The molecule has 2 aliphatic rings. The highest BCUT2D eigenvalue weighted by atomic mass is 32.2. The molecule has 1 fully saturated rings. The smallest absolute Gasteiger partial charge is 0.269 e. The Morgan fingerprint density at radius 3 is 2.24 bits per heavy atom. The van der Waals surface area contributed by atoms with Crippen LogP contribution in [0, 0.1) is 6.92 Å². The van der Waals surface area contributed by atoms with Gasteiger partial charge < -0.3 is 10.2 Å². The summed E-state index contributed by atoms with van der Waals surface area (Å²) in [6.45, 7) is 1.36. The lowest BCUT2D eigenvalue weighted by Gasteiger charge is -2.34. The van der Waals surface area contributed by atoms with Gasteiger partial charge in [0.25, 0.3) is 15.9 Å². The molecule has 3 aromatic rings. The average molecular weight is 574 g/mol. The summed E-state index contributed by atoms with van der Waals surface area (Å²) in [6.07, 6.45) is 5.23. The molecule has 0 radical (unpaired) electrons. The molecule has 0 spiro atoms. The van der Waals surface area contributed by atoms with Crippen molar-refractivity contribution in [1.29, 1.82) is 0 Å². The molecule has 1 N–H and O–H groups in total. The number of carbonyl (C=O) groups excluding carboxylic acids is 3. The standard InChI is InChI=1S/C32H35N3O5S/c1-23-16-18-25(19-17-23)21-34(30(36)22-35-32(38)27-14-8-9-15-29(27)41(35,39)40)28(20-24-10-4-2-5-11-24)31(37)33-26-12-6-3-7-13-26/h2,4-5,8-11,14-19,26,28H,3,6-7,12-13,20-22H2,1H3,(H,33,37)/t28-/m1/s1. The van der Waals surface area contributed by atoms with Crippen molar-refractivity contribution >= 4 is 27.7 Å². The molecule has 0 saturated heterocycles. The molecule has 9 heteroatoms. The van der Waals surface area contributed by atoms with E-state index in [4.69, 9.17) is 0 Å². The lowest BCUT2D eigenvalue weighted by molar-refractivity contribution is -0.141. The Balaban J connectivity index is 1.48. The Kier molecular flexibility index (Phi) is 8.54. The normalized spacial score (nSPS) is 17.1. The molecule has 1 aliphatic carbocycles. The van der Waals surface area contributed by atoms with Gasteiger partial charge in [-0.1, -0.05) is 91.6 Å². The van der Waals surface area contributed by atoms with Crippen molar-refractivity contribution in [2.75, 3.05) is 6.54 Å². The predicted octanol–water partition coefficient (Wildman–Crippen LogP) is 4.23. The van der Waals surface area contributed by atoms with Crippen LogP contribution < -0.4 is 5.32 Å². The second kappa shape index (κ2) is 12.3. The molecular weight excluding hydrogens is 538 g/mol. The molecule has 0 bridgehead atoms. The Bertz CT molecular complexity index is 1520. The number of hydrogen-bond donors (Lipinski definition) is 1. The topological polar surface area (TPSA) is 104 Å².